The van der Waals surface area contributed by atoms with Crippen LogP contribution in [-0.2, 0) is 11.2 Å². The van der Waals surface area contributed by atoms with Gasteiger partial charge in [-0.1, -0.05) is 56.5 Å². The van der Waals surface area contributed by atoms with Crippen molar-refractivity contribution < 1.29 is 4.79 Å². The number of hydrogen-bond donors (Lipinski definition) is 1. The lowest BCUT2D eigenvalue weighted by Gasteiger charge is -2.24. The Morgan fingerprint density at radius 3 is 2.58 bits per heavy atom. The Morgan fingerprint density at radius 2 is 1.89 bits per heavy atom. The van der Waals surface area contributed by atoms with Crippen LogP contribution in [0.3, 0.4) is 0 Å². The Kier molecular flexibility index (Phi) is 5.44. The molecule has 0 aliphatic heterocycles. The molecule has 0 bridgehead atoms. The average Bonchev–Trinajstić information content (AvgIpc) is 2.47. The van der Waals surface area contributed by atoms with Gasteiger partial charge in [0.2, 0.25) is 5.91 Å². The summed E-state index contributed by atoms with van der Waals surface area (Å²) in [5.41, 5.74) is 1.32. The van der Waals surface area contributed by atoms with E-state index in [1.807, 2.05) is 13.0 Å². The molecule has 2 nitrogen and oxygen atoms in total. The van der Waals surface area contributed by atoms with Gasteiger partial charge in [0, 0.05) is 12.0 Å². The summed E-state index contributed by atoms with van der Waals surface area (Å²) in [7, 11) is 0. The number of rotatable bonds is 5. The zero-order valence-electron chi connectivity index (χ0n) is 11.9. The van der Waals surface area contributed by atoms with Crippen LogP contribution in [0.2, 0.25) is 0 Å². The second kappa shape index (κ2) is 7.32. The molecule has 1 aliphatic carbocycles. The lowest BCUT2D eigenvalue weighted by molar-refractivity contribution is -0.125. The van der Waals surface area contributed by atoms with Gasteiger partial charge in [-0.2, -0.15) is 0 Å². The van der Waals surface area contributed by atoms with E-state index < -0.39 is 0 Å². The second-order valence-corrected chi connectivity index (χ2v) is 5.77. The van der Waals surface area contributed by atoms with Crippen LogP contribution in [0.15, 0.2) is 30.3 Å². The average molecular weight is 259 g/mol. The number of nitrogens with one attached hydrogen (secondary N) is 1. The summed E-state index contributed by atoms with van der Waals surface area (Å²) >= 11 is 0. The fourth-order valence-corrected chi connectivity index (χ4v) is 2.75. The molecule has 0 saturated heterocycles. The maximum atomic E-state index is 12.1. The van der Waals surface area contributed by atoms with Crippen molar-refractivity contribution in [1.29, 1.82) is 0 Å². The van der Waals surface area contributed by atoms with Gasteiger partial charge in [0.25, 0.3) is 0 Å². The summed E-state index contributed by atoms with van der Waals surface area (Å²) in [5.74, 6) is 0.352. The van der Waals surface area contributed by atoms with E-state index in [1.165, 1.54) is 24.8 Å². The van der Waals surface area contributed by atoms with Crippen LogP contribution in [0.25, 0.3) is 0 Å². The van der Waals surface area contributed by atoms with Crippen LogP contribution in [-0.4, -0.2) is 11.9 Å². The third-order valence-corrected chi connectivity index (χ3v) is 4.11. The first-order chi connectivity index (χ1) is 9.25. The Morgan fingerprint density at radius 1 is 1.21 bits per heavy atom. The minimum absolute atomic E-state index is 0.113. The van der Waals surface area contributed by atoms with Crippen molar-refractivity contribution in [3.05, 3.63) is 35.9 Å². The van der Waals surface area contributed by atoms with E-state index in [0.717, 1.165) is 25.7 Å². The van der Waals surface area contributed by atoms with Crippen molar-refractivity contribution in [2.75, 3.05) is 0 Å². The molecule has 1 aromatic rings. The minimum atomic E-state index is 0.113. The van der Waals surface area contributed by atoms with Crippen LogP contribution < -0.4 is 5.32 Å². The van der Waals surface area contributed by atoms with E-state index in [1.54, 1.807) is 0 Å². The summed E-state index contributed by atoms with van der Waals surface area (Å²) in [4.78, 5) is 12.1. The number of carbonyl (C=O) groups excluding carboxylic acids is 1. The molecule has 2 heteroatoms. The van der Waals surface area contributed by atoms with E-state index in [-0.39, 0.29) is 11.8 Å². The lowest BCUT2D eigenvalue weighted by Crippen LogP contribution is -2.39. The molecule has 1 unspecified atom stereocenters. The molecule has 1 N–H and O–H groups in total. The maximum Gasteiger partial charge on any atom is 0.223 e. The highest BCUT2D eigenvalue weighted by Gasteiger charge is 2.19. The first kappa shape index (κ1) is 14.1. The van der Waals surface area contributed by atoms with Gasteiger partial charge >= 0.3 is 0 Å². The third-order valence-electron chi connectivity index (χ3n) is 4.11. The molecule has 0 aromatic heterocycles. The SMILES string of the molecule is CC(CCc1ccccc1)C(=O)NC1CCCCC1. The van der Waals surface area contributed by atoms with E-state index in [9.17, 15) is 4.79 Å². The molecule has 1 fully saturated rings. The van der Waals surface area contributed by atoms with Gasteiger partial charge in [-0.25, -0.2) is 0 Å². The molecule has 1 aliphatic rings. The van der Waals surface area contributed by atoms with Crippen molar-refractivity contribution in [1.82, 2.24) is 5.32 Å². The van der Waals surface area contributed by atoms with Crippen LogP contribution in [0.1, 0.15) is 51.0 Å². The highest BCUT2D eigenvalue weighted by Crippen LogP contribution is 2.18. The zero-order valence-corrected chi connectivity index (χ0v) is 11.9. The summed E-state index contributed by atoms with van der Waals surface area (Å²) in [6, 6.07) is 10.8. The molecule has 0 radical (unpaired) electrons. The molecular formula is C17H25NO. The van der Waals surface area contributed by atoms with Crippen molar-refractivity contribution >= 4 is 5.91 Å². The summed E-state index contributed by atoms with van der Waals surface area (Å²) in [6.07, 6.45) is 8.11. The van der Waals surface area contributed by atoms with Crippen molar-refractivity contribution in [2.24, 2.45) is 5.92 Å². The number of amides is 1. The van der Waals surface area contributed by atoms with Crippen molar-refractivity contribution in [3.63, 3.8) is 0 Å². The molecule has 1 amide bonds. The molecular weight excluding hydrogens is 234 g/mol. The van der Waals surface area contributed by atoms with Gasteiger partial charge in [-0.15, -0.1) is 0 Å². The van der Waals surface area contributed by atoms with E-state index in [4.69, 9.17) is 0 Å². The lowest BCUT2D eigenvalue weighted by atomic mass is 9.94. The van der Waals surface area contributed by atoms with Crippen LogP contribution in [0, 0.1) is 5.92 Å². The fourth-order valence-electron chi connectivity index (χ4n) is 2.75. The van der Waals surface area contributed by atoms with E-state index in [0.29, 0.717) is 6.04 Å². The minimum Gasteiger partial charge on any atom is -0.353 e. The van der Waals surface area contributed by atoms with Gasteiger partial charge in [0.1, 0.15) is 0 Å². The van der Waals surface area contributed by atoms with Gasteiger partial charge in [-0.05, 0) is 31.2 Å². The predicted octanol–water partition coefficient (Wildman–Crippen LogP) is 3.70. The van der Waals surface area contributed by atoms with Gasteiger partial charge in [0.05, 0.1) is 0 Å². The predicted molar refractivity (Wildman–Crippen MR) is 78.9 cm³/mol. The van der Waals surface area contributed by atoms with Crippen LogP contribution in [0.4, 0.5) is 0 Å². The highest BCUT2D eigenvalue weighted by atomic mass is 16.1. The molecule has 1 atom stereocenters. The van der Waals surface area contributed by atoms with Crippen LogP contribution in [0.5, 0.6) is 0 Å². The smallest absolute Gasteiger partial charge is 0.223 e. The number of hydrogen-bond acceptors (Lipinski definition) is 1. The third kappa shape index (κ3) is 4.70. The normalized spacial score (nSPS) is 17.9. The Hall–Kier alpha value is -1.31. The van der Waals surface area contributed by atoms with Crippen molar-refractivity contribution in [2.45, 2.75) is 57.9 Å². The maximum absolute atomic E-state index is 12.1. The Balaban J connectivity index is 1.72. The van der Waals surface area contributed by atoms with E-state index in [2.05, 4.69) is 29.6 Å². The summed E-state index contributed by atoms with van der Waals surface area (Å²) in [6.45, 7) is 2.04. The topological polar surface area (TPSA) is 29.1 Å². The zero-order chi connectivity index (χ0) is 13.5. The summed E-state index contributed by atoms with van der Waals surface area (Å²) < 4.78 is 0. The Bertz CT molecular complexity index is 382. The second-order valence-electron chi connectivity index (χ2n) is 5.77. The Labute approximate surface area is 116 Å². The summed E-state index contributed by atoms with van der Waals surface area (Å²) in [5, 5.41) is 3.22. The molecule has 2 rings (SSSR count). The molecule has 104 valence electrons. The van der Waals surface area contributed by atoms with Gasteiger partial charge in [-0.3, -0.25) is 4.79 Å². The first-order valence-corrected chi connectivity index (χ1v) is 7.60. The number of aryl methyl sites for hydroxylation is 1. The van der Waals surface area contributed by atoms with Gasteiger partial charge in [0.15, 0.2) is 0 Å². The largest absolute Gasteiger partial charge is 0.353 e. The first-order valence-electron chi connectivity index (χ1n) is 7.60. The molecule has 19 heavy (non-hydrogen) atoms. The molecule has 0 heterocycles. The van der Waals surface area contributed by atoms with Crippen LogP contribution >= 0.6 is 0 Å². The standard InChI is InChI=1S/C17H25NO/c1-14(12-13-15-8-4-2-5-9-15)17(19)18-16-10-6-3-7-11-16/h2,4-5,8-9,14,16H,3,6-7,10-13H2,1H3,(H,18,19). The number of carbonyl (C=O) groups is 1. The fraction of sp³-hybridized carbons (Fsp3) is 0.588. The van der Waals surface area contributed by atoms with E-state index >= 15 is 0 Å². The van der Waals surface area contributed by atoms with Crippen molar-refractivity contribution in [3.8, 4) is 0 Å². The molecule has 1 aromatic carbocycles. The number of benzene rings is 1. The quantitative estimate of drug-likeness (QED) is 0.858. The monoisotopic (exact) mass is 259 g/mol. The van der Waals surface area contributed by atoms with Gasteiger partial charge < -0.3 is 5.32 Å². The molecule has 1 saturated carbocycles. The highest BCUT2D eigenvalue weighted by molar-refractivity contribution is 5.78. The molecule has 0 spiro atoms.